The number of urea groups is 1. The fraction of sp³-hybridized carbons (Fsp3) is 0.600. The minimum absolute atomic E-state index is 0.0131. The zero-order valence-electron chi connectivity index (χ0n) is 14.9. The molecule has 6 nitrogen and oxygen atoms in total. The van der Waals surface area contributed by atoms with Crippen molar-refractivity contribution >= 4 is 11.9 Å². The van der Waals surface area contributed by atoms with Gasteiger partial charge in [-0.15, -0.1) is 0 Å². The first-order chi connectivity index (χ1) is 12.6. The smallest absolute Gasteiger partial charge is 0.325 e. The minimum atomic E-state index is -0.879. The summed E-state index contributed by atoms with van der Waals surface area (Å²) in [6.07, 6.45) is 5.43. The molecule has 26 heavy (non-hydrogen) atoms. The van der Waals surface area contributed by atoms with E-state index in [1.54, 1.807) is 0 Å². The van der Waals surface area contributed by atoms with Crippen molar-refractivity contribution in [3.05, 3.63) is 35.4 Å². The van der Waals surface area contributed by atoms with Crippen LogP contribution in [0.2, 0.25) is 0 Å². The SMILES string of the molecule is O=C1NC2(CCCC2)C(=O)N1C[C@@H](O)CO[C@@H]1CCCc2ccccc21. The van der Waals surface area contributed by atoms with Crippen molar-refractivity contribution in [2.24, 2.45) is 0 Å². The van der Waals surface area contributed by atoms with Gasteiger partial charge in [-0.05, 0) is 43.2 Å². The monoisotopic (exact) mass is 358 g/mol. The van der Waals surface area contributed by atoms with Crippen LogP contribution in [0.5, 0.6) is 0 Å². The summed E-state index contributed by atoms with van der Waals surface area (Å²) in [5, 5.41) is 13.2. The molecule has 140 valence electrons. The normalized spacial score (nSPS) is 25.4. The molecule has 0 unspecified atom stereocenters. The van der Waals surface area contributed by atoms with Gasteiger partial charge in [0, 0.05) is 0 Å². The fourth-order valence-corrected chi connectivity index (χ4v) is 4.53. The van der Waals surface area contributed by atoms with Crippen LogP contribution in [0.15, 0.2) is 24.3 Å². The lowest BCUT2D eigenvalue weighted by Crippen LogP contribution is -2.45. The number of hydrogen-bond acceptors (Lipinski definition) is 4. The van der Waals surface area contributed by atoms with Crippen LogP contribution in [-0.2, 0) is 16.0 Å². The molecule has 0 bridgehead atoms. The highest BCUT2D eigenvalue weighted by Crippen LogP contribution is 2.35. The van der Waals surface area contributed by atoms with E-state index in [4.69, 9.17) is 4.74 Å². The Morgan fingerprint density at radius 2 is 2.00 bits per heavy atom. The van der Waals surface area contributed by atoms with E-state index in [2.05, 4.69) is 17.4 Å². The summed E-state index contributed by atoms with van der Waals surface area (Å²) in [6, 6.07) is 7.85. The molecule has 1 saturated heterocycles. The lowest BCUT2D eigenvalue weighted by molar-refractivity contribution is -0.132. The first kappa shape index (κ1) is 17.5. The molecule has 1 saturated carbocycles. The van der Waals surface area contributed by atoms with Gasteiger partial charge in [0.2, 0.25) is 0 Å². The molecule has 2 N–H and O–H groups in total. The summed E-state index contributed by atoms with van der Waals surface area (Å²) in [4.78, 5) is 26.0. The summed E-state index contributed by atoms with van der Waals surface area (Å²) in [5.41, 5.74) is 1.77. The second kappa shape index (κ2) is 7.00. The second-order valence-corrected chi connectivity index (χ2v) is 7.70. The molecule has 0 radical (unpaired) electrons. The van der Waals surface area contributed by atoms with Gasteiger partial charge in [0.15, 0.2) is 0 Å². The molecule has 4 rings (SSSR count). The van der Waals surface area contributed by atoms with Gasteiger partial charge in [-0.1, -0.05) is 37.1 Å². The van der Waals surface area contributed by atoms with Crippen LogP contribution in [-0.4, -0.2) is 46.7 Å². The first-order valence-electron chi connectivity index (χ1n) is 9.61. The van der Waals surface area contributed by atoms with E-state index in [1.807, 2.05) is 12.1 Å². The second-order valence-electron chi connectivity index (χ2n) is 7.70. The van der Waals surface area contributed by atoms with Crippen LogP contribution in [0, 0.1) is 0 Å². The van der Waals surface area contributed by atoms with Gasteiger partial charge < -0.3 is 15.2 Å². The Morgan fingerprint density at radius 3 is 2.81 bits per heavy atom. The molecule has 3 amide bonds. The molecule has 1 spiro atoms. The molecule has 1 heterocycles. The Bertz CT molecular complexity index is 699. The molecular formula is C20H26N2O4. The molecule has 2 atom stereocenters. The standard InChI is InChI=1S/C20H26N2O4/c23-15(12-22-18(24)20(21-19(22)25)10-3-4-11-20)13-26-17-9-5-7-14-6-1-2-8-16(14)17/h1-2,6,8,15,17,23H,3-5,7,9-13H2,(H,21,25)/t15-,17-/m1/s1. The maximum Gasteiger partial charge on any atom is 0.325 e. The quantitative estimate of drug-likeness (QED) is 0.792. The number of nitrogens with one attached hydrogen (secondary N) is 1. The van der Waals surface area contributed by atoms with Gasteiger partial charge in [0.25, 0.3) is 5.91 Å². The van der Waals surface area contributed by atoms with E-state index in [-0.39, 0.29) is 31.2 Å². The Morgan fingerprint density at radius 1 is 1.23 bits per heavy atom. The van der Waals surface area contributed by atoms with Gasteiger partial charge in [-0.25, -0.2) is 4.79 Å². The number of nitrogens with zero attached hydrogens (tertiary/aromatic N) is 1. The van der Waals surface area contributed by atoms with Crippen LogP contribution >= 0.6 is 0 Å². The third-order valence-electron chi connectivity index (χ3n) is 5.90. The number of aliphatic hydroxyl groups is 1. The third kappa shape index (κ3) is 3.12. The van der Waals surface area contributed by atoms with Gasteiger partial charge in [0.05, 0.1) is 25.4 Å². The highest BCUT2D eigenvalue weighted by Gasteiger charge is 2.52. The molecule has 3 aliphatic rings. The van der Waals surface area contributed by atoms with Crippen molar-refractivity contribution in [3.63, 3.8) is 0 Å². The van der Waals surface area contributed by atoms with E-state index in [1.165, 1.54) is 11.1 Å². The lowest BCUT2D eigenvalue weighted by atomic mass is 9.89. The summed E-state index contributed by atoms with van der Waals surface area (Å²) < 4.78 is 5.95. The van der Waals surface area contributed by atoms with Crippen LogP contribution in [0.1, 0.15) is 55.8 Å². The summed E-state index contributed by atoms with van der Waals surface area (Å²) in [7, 11) is 0. The Labute approximate surface area is 153 Å². The number of aliphatic hydroxyl groups excluding tert-OH is 1. The number of fused-ring (bicyclic) bond motifs is 1. The summed E-state index contributed by atoms with van der Waals surface area (Å²) in [6.45, 7) is 0.101. The number of ether oxygens (including phenoxy) is 1. The molecule has 2 aliphatic carbocycles. The minimum Gasteiger partial charge on any atom is -0.389 e. The third-order valence-corrected chi connectivity index (χ3v) is 5.90. The maximum absolute atomic E-state index is 12.6. The number of carbonyl (C=O) groups is 2. The van der Waals surface area contributed by atoms with E-state index in [9.17, 15) is 14.7 Å². The van der Waals surface area contributed by atoms with Crippen molar-refractivity contribution < 1.29 is 19.4 Å². The van der Waals surface area contributed by atoms with Gasteiger partial charge >= 0.3 is 6.03 Å². The predicted molar refractivity (Wildman–Crippen MR) is 95.5 cm³/mol. The van der Waals surface area contributed by atoms with Crippen molar-refractivity contribution in [2.75, 3.05) is 13.2 Å². The van der Waals surface area contributed by atoms with Crippen LogP contribution in [0.25, 0.3) is 0 Å². The predicted octanol–water partition coefficient (Wildman–Crippen LogP) is 2.31. The van der Waals surface area contributed by atoms with Crippen LogP contribution < -0.4 is 5.32 Å². The van der Waals surface area contributed by atoms with Gasteiger partial charge in [0.1, 0.15) is 5.54 Å². The van der Waals surface area contributed by atoms with E-state index in [0.29, 0.717) is 12.8 Å². The molecule has 0 aromatic heterocycles. The Balaban J connectivity index is 1.34. The highest BCUT2D eigenvalue weighted by molar-refractivity contribution is 6.07. The number of β-amino-alcohol motifs (C(OH)–C–C–N with tert-alkyl or cyclic N) is 1. The molecule has 6 heteroatoms. The number of rotatable bonds is 5. The number of hydrogen-bond donors (Lipinski definition) is 2. The molecule has 1 aliphatic heterocycles. The number of aryl methyl sites for hydroxylation is 1. The Hall–Kier alpha value is -1.92. The zero-order chi connectivity index (χ0) is 18.1. The molecule has 2 fully saturated rings. The lowest BCUT2D eigenvalue weighted by Gasteiger charge is -2.27. The highest BCUT2D eigenvalue weighted by atomic mass is 16.5. The molecule has 1 aromatic carbocycles. The van der Waals surface area contributed by atoms with E-state index < -0.39 is 11.6 Å². The van der Waals surface area contributed by atoms with Crippen molar-refractivity contribution in [3.8, 4) is 0 Å². The molecular weight excluding hydrogens is 332 g/mol. The number of amides is 3. The molecule has 1 aromatic rings. The van der Waals surface area contributed by atoms with Crippen molar-refractivity contribution in [1.82, 2.24) is 10.2 Å². The summed E-state index contributed by atoms with van der Waals surface area (Å²) >= 11 is 0. The maximum atomic E-state index is 12.6. The van der Waals surface area contributed by atoms with Crippen LogP contribution in [0.3, 0.4) is 0 Å². The average molecular weight is 358 g/mol. The average Bonchev–Trinajstić information content (AvgIpc) is 3.21. The number of imide groups is 1. The fourth-order valence-electron chi connectivity index (χ4n) is 4.53. The van der Waals surface area contributed by atoms with Gasteiger partial charge in [-0.2, -0.15) is 0 Å². The van der Waals surface area contributed by atoms with Crippen LogP contribution in [0.4, 0.5) is 4.79 Å². The van der Waals surface area contributed by atoms with Crippen molar-refractivity contribution in [1.29, 1.82) is 0 Å². The van der Waals surface area contributed by atoms with Crippen molar-refractivity contribution in [2.45, 2.75) is 62.7 Å². The van der Waals surface area contributed by atoms with Gasteiger partial charge in [-0.3, -0.25) is 9.69 Å². The van der Waals surface area contributed by atoms with E-state index in [0.717, 1.165) is 37.0 Å². The first-order valence-corrected chi connectivity index (χ1v) is 9.61. The largest absolute Gasteiger partial charge is 0.389 e. The zero-order valence-corrected chi connectivity index (χ0v) is 14.9. The summed E-state index contributed by atoms with van der Waals surface area (Å²) in [5.74, 6) is -0.193. The Kier molecular flexibility index (Phi) is 4.71. The van der Waals surface area contributed by atoms with E-state index >= 15 is 0 Å². The number of carbonyl (C=O) groups excluding carboxylic acids is 2. The number of benzene rings is 1. The topological polar surface area (TPSA) is 78.9 Å².